The van der Waals surface area contributed by atoms with Crippen LogP contribution in [-0.4, -0.2) is 239 Å². The monoisotopic (exact) mass is 2310 g/mol. The maximum absolute atomic E-state index is 15.1. The van der Waals surface area contributed by atoms with Gasteiger partial charge in [0.05, 0.1) is 77.2 Å². The van der Waals surface area contributed by atoms with Crippen molar-refractivity contribution in [3.63, 3.8) is 0 Å². The highest BCUT2D eigenvalue weighted by atomic mass is 32.7. The number of nitrogens with two attached hydrogens (primary N) is 4. The number of aromatic nitrogens is 22. The molecule has 0 radical (unpaired) electrons. The molecule has 7 aliphatic rings. The predicted octanol–water partition coefficient (Wildman–Crippen LogP) is 7.38. The Morgan fingerprint density at radius 1 is 0.308 bits per heavy atom. The molecule has 7 saturated heterocycles. The van der Waals surface area contributed by atoms with Crippen LogP contribution in [0.25, 0.3) is 44.7 Å². The van der Waals surface area contributed by atoms with E-state index in [0.717, 1.165) is 27.1 Å². The second-order valence-corrected chi connectivity index (χ2v) is 54.2. The molecule has 11 N–H and O–H groups in total. The van der Waals surface area contributed by atoms with E-state index < -0.39 is 256 Å². The van der Waals surface area contributed by atoms with E-state index in [1.165, 1.54) is 97.4 Å². The van der Waals surface area contributed by atoms with Crippen molar-refractivity contribution in [2.24, 2.45) is 0 Å². The average molecular weight is 2310 g/mol. The summed E-state index contributed by atoms with van der Waals surface area (Å²) in [6, 6.07) is 0. The zero-order valence-corrected chi connectivity index (χ0v) is 88.8. The number of nitrogen functional groups attached to an aromatic ring is 4. The first kappa shape index (κ1) is 108. The largest absolute Gasteiger partial charge is 0.386 e. The van der Waals surface area contributed by atoms with Crippen LogP contribution in [0.5, 0.6) is 0 Å². The molecule has 18 heterocycles. The van der Waals surface area contributed by atoms with Crippen LogP contribution in [0.2, 0.25) is 0 Å². The molecule has 18 rings (SSSR count). The van der Waals surface area contributed by atoms with Gasteiger partial charge in [0.15, 0.2) is 45.9 Å². The number of imidazole rings is 4. The number of hydrogen-bond acceptors (Lipinski definition) is 50. The minimum Gasteiger partial charge on any atom is -0.382 e. The molecule has 792 valence electrons. The van der Waals surface area contributed by atoms with Crippen molar-refractivity contribution in [2.45, 2.75) is 208 Å². The summed E-state index contributed by atoms with van der Waals surface area (Å²) < 4.78 is 239. The molecule has 0 aliphatic carbocycles. The van der Waals surface area contributed by atoms with Crippen LogP contribution in [-0.2, 0) is 128 Å². The Morgan fingerprint density at radius 2 is 0.500 bits per heavy atom. The molecule has 11 aromatic rings. The van der Waals surface area contributed by atoms with Gasteiger partial charge in [-0.25, -0.2) is 106 Å². The number of thiol groups is 7. The van der Waals surface area contributed by atoms with Gasteiger partial charge in [0.1, 0.15) is 164 Å². The van der Waals surface area contributed by atoms with Crippen LogP contribution in [0, 0.1) is 20.8 Å². The van der Waals surface area contributed by atoms with E-state index in [4.69, 9.17) is 119 Å². The van der Waals surface area contributed by atoms with Crippen molar-refractivity contribution in [2.75, 3.05) is 69.7 Å². The minimum absolute atomic E-state index is 0.00628. The van der Waals surface area contributed by atoms with Crippen molar-refractivity contribution in [1.82, 2.24) is 107 Å². The Bertz CT molecular complexity index is 7540. The van der Waals surface area contributed by atoms with Gasteiger partial charge in [-0.15, -0.1) is 0 Å². The van der Waals surface area contributed by atoms with Crippen LogP contribution in [0.15, 0.2) is 98.0 Å². The van der Waals surface area contributed by atoms with E-state index in [9.17, 15) is 51.6 Å². The smallest absolute Gasteiger partial charge is 0.382 e. The fourth-order valence-electron chi connectivity index (χ4n) is 17.3. The first-order chi connectivity index (χ1) is 69.1. The summed E-state index contributed by atoms with van der Waals surface area (Å²) >= 11 is 30.2. The zero-order chi connectivity index (χ0) is 104. The van der Waals surface area contributed by atoms with Gasteiger partial charge in [0.2, 0.25) is 0 Å². The lowest BCUT2D eigenvalue weighted by Gasteiger charge is -2.27. The van der Waals surface area contributed by atoms with E-state index in [-0.39, 0.29) is 112 Å². The number of anilines is 4. The number of fused-ring (bicyclic) bond motifs is 4. The summed E-state index contributed by atoms with van der Waals surface area (Å²) in [7, 11) is 1.05. The Labute approximate surface area is 857 Å². The number of ether oxygens (including phenoxy) is 7. The third kappa shape index (κ3) is 24.5. The third-order valence-corrected chi connectivity index (χ3v) is 36.0. The summed E-state index contributed by atoms with van der Waals surface area (Å²) in [6.45, 7) is -31.1. The second kappa shape index (κ2) is 43.7. The van der Waals surface area contributed by atoms with E-state index in [1.54, 1.807) is 4.57 Å². The number of nitrogens with one attached hydrogen (secondary N) is 3. The molecular weight excluding hydrogens is 2210 g/mol. The van der Waals surface area contributed by atoms with Crippen molar-refractivity contribution in [3.8, 4) is 0 Å². The zero-order valence-electron chi connectivity index (χ0n) is 76.3. The van der Waals surface area contributed by atoms with Crippen LogP contribution in [0.4, 0.5) is 23.3 Å². The van der Waals surface area contributed by atoms with Crippen LogP contribution in [0.1, 0.15) is 119 Å². The maximum Gasteiger partial charge on any atom is 0.386 e. The number of H-pyrrole nitrogens is 3. The van der Waals surface area contributed by atoms with Crippen molar-refractivity contribution < 1.29 is 128 Å². The lowest BCUT2D eigenvalue weighted by molar-refractivity contribution is -0.0532. The highest BCUT2D eigenvalue weighted by Crippen LogP contribution is 2.65. The molecule has 0 amide bonds. The minimum atomic E-state index is -4.90. The molecule has 0 aromatic carbocycles. The maximum atomic E-state index is 15.1. The van der Waals surface area contributed by atoms with Crippen molar-refractivity contribution in [3.05, 3.63) is 148 Å². The molecular formula is C72H93N26O34P7S7. The van der Waals surface area contributed by atoms with Gasteiger partial charge in [-0.05, 0) is 27.2 Å². The third-order valence-electron chi connectivity index (χ3n) is 24.3. The number of hydrogen-bond donors (Lipinski definition) is 14. The summed E-state index contributed by atoms with van der Waals surface area (Å²) in [4.78, 5) is 135. The highest BCUT2D eigenvalue weighted by Gasteiger charge is 2.53. The first-order valence-corrected chi connectivity index (χ1v) is 62.8. The van der Waals surface area contributed by atoms with E-state index in [0.29, 0.717) is 17.6 Å². The van der Waals surface area contributed by atoms with E-state index in [1.807, 2.05) is 6.92 Å². The first-order valence-electron chi connectivity index (χ1n) is 43.9. The summed E-state index contributed by atoms with van der Waals surface area (Å²) in [6.07, 6.45) is -14.0. The van der Waals surface area contributed by atoms with Gasteiger partial charge < -0.3 is 60.6 Å². The molecule has 146 heavy (non-hydrogen) atoms. The second-order valence-electron chi connectivity index (χ2n) is 34.0. The Balaban J connectivity index is 0.559. The van der Waals surface area contributed by atoms with Gasteiger partial charge >= 0.3 is 64.7 Å². The number of rotatable bonds is 41. The van der Waals surface area contributed by atoms with Crippen LogP contribution >= 0.6 is 133 Å². The Hall–Kier alpha value is -7.34. The van der Waals surface area contributed by atoms with E-state index >= 15 is 9.13 Å². The summed E-state index contributed by atoms with van der Waals surface area (Å²) in [5.74, 6) is 0.151. The Kier molecular flexibility index (Phi) is 32.4. The van der Waals surface area contributed by atoms with Gasteiger partial charge in [-0.3, -0.25) is 120 Å². The lowest BCUT2D eigenvalue weighted by Crippen LogP contribution is -2.33. The highest BCUT2D eigenvalue weighted by molar-refractivity contribution is 8.46. The molecule has 7 fully saturated rings. The van der Waals surface area contributed by atoms with Crippen LogP contribution in [0.3, 0.4) is 0 Å². The fraction of sp³-hybridized carbons (Fsp3) is 0.556. The quantitative estimate of drug-likeness (QED) is 0.0131. The molecule has 60 nitrogen and oxygen atoms in total. The number of aromatic amines is 3. The molecule has 0 bridgehead atoms. The van der Waals surface area contributed by atoms with Crippen molar-refractivity contribution in [1.29, 1.82) is 0 Å². The van der Waals surface area contributed by atoms with Gasteiger partial charge in [-0.2, -0.15) is 0 Å². The summed E-state index contributed by atoms with van der Waals surface area (Å²) in [5, 5.41) is 0. The molecule has 7 aliphatic heterocycles. The standard InChI is InChI=1S/C72H93N26O34P7S7/c1-6-34-35(7-51(119-34)95-27-85-55-59(73)77-23-81-63(55)95)127-134(106,141)113-20-45-39(11-52(123-45)96-28-86-56-60(74)78-24-82-64(56)96)132-139(111,146)118-22-47-41(13-54(125-47)98-30-88-58-62(76)80-26-84-66(58)98)131-138(110,145)116-19-44-38(10-50(122-44)94-16-33(4)69(101)91-72(94)104)129-136(108,143)117-21-46-40(12-53(124-46)97-29-87-57-61(75)79-25-83-65(57)97)130-137(109,144)115-18-43-37(9-49(121-43)93-15-32(3)68(100)90-71(93)103)128-135(107,142)114-17-42-36(126-133(105,140)112-5)8-48(120-42)92-14-31(2)67(99)89-70(92)102/h14-16,23-30,34-54H,6-13,17-22H2,1-5H3,(H,105,140)(H,106,141)(H,107,142)(H,108,143)(H,109,144)(H,110,145)(H,111,146)(H2,73,77,81)(H2,74,78,82)(H2,75,79,83)(H2,76,80,84)(H,89,99,102)(H,90,100,103)(H,91,101,104)/t34-,35?,36?,37?,38?,39?,40?,41?,42-,43-,44-,45-,46-,47-,48-,49-,50-,51-,52-,53-,54-,133?,134?,135?,136?,137?,138?,139?/m1/s1. The van der Waals surface area contributed by atoms with E-state index in [2.05, 4.69) is 161 Å². The fourth-order valence-corrected chi connectivity index (χ4v) is 27.4. The molecule has 74 heteroatoms. The molecule has 0 saturated carbocycles. The lowest BCUT2D eigenvalue weighted by atomic mass is 10.1. The van der Waals surface area contributed by atoms with Crippen molar-refractivity contribution >= 4 is 201 Å². The topological polar surface area (TPSA) is 756 Å². The summed E-state index contributed by atoms with van der Waals surface area (Å²) in [5.41, 5.74) is 21.6. The van der Waals surface area contributed by atoms with Crippen LogP contribution < -0.4 is 56.7 Å². The SMILES string of the molecule is CC[C@H]1O[C@@H](n2cnc3c(N)ncnc32)CC1OP(=O)(S)OC[C@H]1O[C@@H](n2cnc3c(N)ncnc32)CC1OP(=O)(S)OC[C@H]1O[C@@H](n2cnc3c(N)ncnc32)CC1OP(=O)(S)OC[C@H]1O[C@@H](n2cc(C)c(=O)[nH]c2=O)CC1OP(=O)(S)OC[C@H]1O[C@@H](n2cnc3c(N)ncnc32)CC1OP(=O)(S)OC[C@H]1O[C@@H](n2cc(C)c(=O)[nH]c2=O)CC1OP(=O)(S)OC[C@H]1O[C@@H](n2cc(C)c(=O)[nH]c2=O)CC1OP(=O)(S)OC. The Morgan fingerprint density at radius 3 is 0.705 bits per heavy atom. The number of aryl methyl sites for hydroxylation is 3. The predicted molar refractivity (Wildman–Crippen MR) is 530 cm³/mol. The average Bonchev–Trinajstić information content (AvgIpc) is 1.63. The molecule has 28 atom stereocenters. The van der Waals surface area contributed by atoms with Gasteiger partial charge in [0, 0.05) is 87.3 Å². The van der Waals surface area contributed by atoms with Gasteiger partial charge in [0.25, 0.3) is 16.7 Å². The molecule has 14 unspecified atom stereocenters. The molecule has 0 spiro atoms. The molecule has 11 aromatic heterocycles. The number of nitrogens with zero attached hydrogens (tertiary/aromatic N) is 19. The van der Waals surface area contributed by atoms with Gasteiger partial charge in [-0.1, -0.05) is 92.7 Å². The normalized spacial score (nSPS) is 29.5.